The lowest BCUT2D eigenvalue weighted by Gasteiger charge is -2.18. The number of rotatable bonds is 52. The molecular formula is C61H108O6. The lowest BCUT2D eigenvalue weighted by Crippen LogP contribution is -2.30. The van der Waals surface area contributed by atoms with E-state index in [1.165, 1.54) is 154 Å². The van der Waals surface area contributed by atoms with Crippen LogP contribution in [-0.2, 0) is 28.6 Å². The van der Waals surface area contributed by atoms with Crippen LogP contribution in [0.4, 0.5) is 0 Å². The van der Waals surface area contributed by atoms with E-state index in [2.05, 4.69) is 81.5 Å². The average Bonchev–Trinajstić information content (AvgIpc) is 3.33. The van der Waals surface area contributed by atoms with Crippen LogP contribution < -0.4 is 0 Å². The molecule has 388 valence electrons. The number of carbonyl (C=O) groups excluding carboxylic acids is 3. The van der Waals surface area contributed by atoms with E-state index in [0.717, 1.165) is 96.3 Å². The summed E-state index contributed by atoms with van der Waals surface area (Å²) < 4.78 is 16.9. The first-order valence-corrected chi connectivity index (χ1v) is 28.8. The van der Waals surface area contributed by atoms with E-state index >= 15 is 0 Å². The zero-order valence-corrected chi connectivity index (χ0v) is 44.4. The molecule has 0 aliphatic carbocycles. The second kappa shape index (κ2) is 55.7. The largest absolute Gasteiger partial charge is 0.462 e. The van der Waals surface area contributed by atoms with Crippen molar-refractivity contribution in [2.75, 3.05) is 13.2 Å². The van der Waals surface area contributed by atoms with Gasteiger partial charge in [0.1, 0.15) is 13.2 Å². The number of unbranched alkanes of at least 4 members (excludes halogenated alkanes) is 34. The van der Waals surface area contributed by atoms with Gasteiger partial charge in [0.05, 0.1) is 0 Å². The first kappa shape index (κ1) is 64.1. The lowest BCUT2D eigenvalue weighted by atomic mass is 10.0. The molecule has 0 aromatic heterocycles. The molecule has 0 amide bonds. The summed E-state index contributed by atoms with van der Waals surface area (Å²) in [6.07, 6.45) is 69.1. The molecule has 0 N–H and O–H groups in total. The SMILES string of the molecule is CCCCC\C=C/C=C\C=C/C=C\CCCCCCCC(=O)OCC(COC(=O)CCCCCCCCCCCCCCCCC)OC(=O)CCCCCCC/C=C\CCCCCCCCC. The predicted octanol–water partition coefficient (Wildman–Crippen LogP) is 19.2. The van der Waals surface area contributed by atoms with Crippen molar-refractivity contribution in [1.29, 1.82) is 0 Å². The Balaban J connectivity index is 4.42. The molecule has 0 saturated heterocycles. The third-order valence-electron chi connectivity index (χ3n) is 12.6. The summed E-state index contributed by atoms with van der Waals surface area (Å²) in [4.78, 5) is 38.1. The molecule has 0 aliphatic rings. The summed E-state index contributed by atoms with van der Waals surface area (Å²) in [5.74, 6) is -0.902. The maximum atomic E-state index is 12.8. The molecule has 0 rings (SSSR count). The van der Waals surface area contributed by atoms with E-state index in [-0.39, 0.29) is 31.1 Å². The number of esters is 3. The third kappa shape index (κ3) is 53.9. The second-order valence-corrected chi connectivity index (χ2v) is 19.3. The number of ether oxygens (including phenoxy) is 3. The quantitative estimate of drug-likeness (QED) is 0.0199. The summed E-state index contributed by atoms with van der Waals surface area (Å²) in [7, 11) is 0. The van der Waals surface area contributed by atoms with Crippen molar-refractivity contribution in [3.63, 3.8) is 0 Å². The first-order chi connectivity index (χ1) is 33.0. The Kier molecular flexibility index (Phi) is 53.3. The van der Waals surface area contributed by atoms with Crippen LogP contribution in [0.15, 0.2) is 60.8 Å². The highest BCUT2D eigenvalue weighted by molar-refractivity contribution is 5.71. The standard InChI is InChI=1S/C61H108O6/c1-4-7-10-13-16-19-22-25-28-30-31-34-36-39-42-45-48-51-54-60(63)66-57-58(56-65-59(62)53-50-47-44-41-38-35-32-27-24-21-18-15-12-9-6-3)67-61(64)55-52-49-46-43-40-37-33-29-26-23-20-17-14-11-8-5-2/h16,19,22,25,28-31,33-34,58H,4-15,17-18,20-21,23-24,26-27,32,35-57H2,1-3H3/b19-16-,25-22-,30-28-,33-29-,34-31-. The van der Waals surface area contributed by atoms with E-state index in [1.54, 1.807) is 0 Å². The summed E-state index contributed by atoms with van der Waals surface area (Å²) in [5, 5.41) is 0. The van der Waals surface area contributed by atoms with Gasteiger partial charge in [0.2, 0.25) is 0 Å². The molecule has 0 spiro atoms. The minimum Gasteiger partial charge on any atom is -0.462 e. The Morgan fingerprint density at radius 1 is 0.299 bits per heavy atom. The van der Waals surface area contributed by atoms with Gasteiger partial charge in [-0.3, -0.25) is 14.4 Å². The Bertz CT molecular complexity index is 1210. The van der Waals surface area contributed by atoms with Crippen molar-refractivity contribution in [3.8, 4) is 0 Å². The summed E-state index contributed by atoms with van der Waals surface area (Å²) in [5.41, 5.74) is 0. The molecule has 6 heteroatoms. The molecule has 0 bridgehead atoms. The van der Waals surface area contributed by atoms with Gasteiger partial charge in [0.25, 0.3) is 0 Å². The van der Waals surface area contributed by atoms with Crippen LogP contribution in [0, 0.1) is 0 Å². The fourth-order valence-corrected chi connectivity index (χ4v) is 8.21. The molecule has 0 radical (unpaired) electrons. The summed E-state index contributed by atoms with van der Waals surface area (Å²) in [6.45, 7) is 6.60. The highest BCUT2D eigenvalue weighted by Crippen LogP contribution is 2.16. The fourth-order valence-electron chi connectivity index (χ4n) is 8.21. The summed E-state index contributed by atoms with van der Waals surface area (Å²) in [6, 6.07) is 0. The molecule has 6 nitrogen and oxygen atoms in total. The maximum Gasteiger partial charge on any atom is 0.306 e. The first-order valence-electron chi connectivity index (χ1n) is 28.8. The normalized spacial score (nSPS) is 12.5. The molecule has 1 atom stereocenters. The van der Waals surface area contributed by atoms with E-state index in [9.17, 15) is 14.4 Å². The molecule has 0 saturated carbocycles. The molecule has 1 unspecified atom stereocenters. The Morgan fingerprint density at radius 2 is 0.552 bits per heavy atom. The van der Waals surface area contributed by atoms with Gasteiger partial charge in [-0.25, -0.2) is 0 Å². The second-order valence-electron chi connectivity index (χ2n) is 19.3. The van der Waals surface area contributed by atoms with Gasteiger partial charge in [0, 0.05) is 19.3 Å². The van der Waals surface area contributed by atoms with Crippen molar-refractivity contribution >= 4 is 17.9 Å². The van der Waals surface area contributed by atoms with Crippen molar-refractivity contribution in [2.24, 2.45) is 0 Å². The van der Waals surface area contributed by atoms with Crippen molar-refractivity contribution in [1.82, 2.24) is 0 Å². The Morgan fingerprint density at radius 3 is 0.910 bits per heavy atom. The van der Waals surface area contributed by atoms with E-state index in [0.29, 0.717) is 19.3 Å². The van der Waals surface area contributed by atoms with Gasteiger partial charge in [0.15, 0.2) is 6.10 Å². The fraction of sp³-hybridized carbons (Fsp3) is 0.787. The highest BCUT2D eigenvalue weighted by Gasteiger charge is 2.19. The lowest BCUT2D eigenvalue weighted by molar-refractivity contribution is -0.167. The van der Waals surface area contributed by atoms with Crippen LogP contribution in [0.3, 0.4) is 0 Å². The molecule has 0 aromatic carbocycles. The highest BCUT2D eigenvalue weighted by atomic mass is 16.6. The van der Waals surface area contributed by atoms with Gasteiger partial charge in [-0.2, -0.15) is 0 Å². The van der Waals surface area contributed by atoms with Crippen molar-refractivity contribution < 1.29 is 28.6 Å². The average molecular weight is 938 g/mol. The molecule has 0 aromatic rings. The van der Waals surface area contributed by atoms with Crippen LogP contribution >= 0.6 is 0 Å². The monoisotopic (exact) mass is 937 g/mol. The number of hydrogen-bond acceptors (Lipinski definition) is 6. The predicted molar refractivity (Wildman–Crippen MR) is 288 cm³/mol. The van der Waals surface area contributed by atoms with Crippen molar-refractivity contribution in [2.45, 2.75) is 297 Å². The molecule has 67 heavy (non-hydrogen) atoms. The van der Waals surface area contributed by atoms with E-state index in [1.807, 2.05) is 0 Å². The zero-order valence-electron chi connectivity index (χ0n) is 44.4. The molecule has 0 heterocycles. The molecular weight excluding hydrogens is 829 g/mol. The maximum absolute atomic E-state index is 12.8. The van der Waals surface area contributed by atoms with E-state index in [4.69, 9.17) is 14.2 Å². The Labute approximate surface area is 415 Å². The van der Waals surface area contributed by atoms with Crippen LogP contribution in [-0.4, -0.2) is 37.2 Å². The zero-order chi connectivity index (χ0) is 48.6. The van der Waals surface area contributed by atoms with Gasteiger partial charge >= 0.3 is 17.9 Å². The van der Waals surface area contributed by atoms with Gasteiger partial charge in [-0.1, -0.05) is 261 Å². The van der Waals surface area contributed by atoms with Gasteiger partial charge in [-0.15, -0.1) is 0 Å². The van der Waals surface area contributed by atoms with Gasteiger partial charge in [-0.05, 0) is 70.6 Å². The molecule has 0 fully saturated rings. The third-order valence-corrected chi connectivity index (χ3v) is 12.6. The van der Waals surface area contributed by atoms with Crippen LogP contribution in [0.2, 0.25) is 0 Å². The van der Waals surface area contributed by atoms with Crippen LogP contribution in [0.1, 0.15) is 290 Å². The number of allylic oxidation sites excluding steroid dienone is 10. The summed E-state index contributed by atoms with van der Waals surface area (Å²) >= 11 is 0. The minimum absolute atomic E-state index is 0.0828. The van der Waals surface area contributed by atoms with Crippen LogP contribution in [0.5, 0.6) is 0 Å². The molecule has 0 aliphatic heterocycles. The minimum atomic E-state index is -0.787. The number of carbonyl (C=O) groups is 3. The topological polar surface area (TPSA) is 78.9 Å². The van der Waals surface area contributed by atoms with Crippen molar-refractivity contribution in [3.05, 3.63) is 60.8 Å². The van der Waals surface area contributed by atoms with Gasteiger partial charge < -0.3 is 14.2 Å². The Hall–Kier alpha value is -2.89. The smallest absolute Gasteiger partial charge is 0.306 e. The van der Waals surface area contributed by atoms with Crippen LogP contribution in [0.25, 0.3) is 0 Å². The van der Waals surface area contributed by atoms with E-state index < -0.39 is 6.10 Å². The number of hydrogen-bond donors (Lipinski definition) is 0.